The van der Waals surface area contributed by atoms with Crippen molar-refractivity contribution in [1.82, 2.24) is 15.1 Å². The summed E-state index contributed by atoms with van der Waals surface area (Å²) in [6, 6.07) is 0.0922. The molecule has 1 rings (SSSR count). The number of piperidine rings is 1. The molecule has 1 fully saturated rings. The molecular formula is C12H25N3O. The Bertz CT molecular complexity index is 232. The summed E-state index contributed by atoms with van der Waals surface area (Å²) >= 11 is 0. The van der Waals surface area contributed by atoms with E-state index in [1.165, 1.54) is 6.42 Å². The molecule has 0 bridgehead atoms. The second-order valence-electron chi connectivity index (χ2n) is 5.41. The second kappa shape index (κ2) is 5.53. The minimum Gasteiger partial charge on any atom is -0.336 e. The van der Waals surface area contributed by atoms with Crippen LogP contribution in [0.15, 0.2) is 0 Å². The fraction of sp³-hybridized carbons (Fsp3) is 0.917. The van der Waals surface area contributed by atoms with Gasteiger partial charge in [0, 0.05) is 25.2 Å². The monoisotopic (exact) mass is 227 g/mol. The van der Waals surface area contributed by atoms with Crippen molar-refractivity contribution in [2.24, 2.45) is 0 Å². The molecule has 94 valence electrons. The molecule has 0 unspecified atom stereocenters. The van der Waals surface area contributed by atoms with Crippen molar-refractivity contribution in [1.29, 1.82) is 0 Å². The Morgan fingerprint density at radius 2 is 1.81 bits per heavy atom. The lowest BCUT2D eigenvalue weighted by atomic mass is 10.0. The van der Waals surface area contributed by atoms with Gasteiger partial charge in [-0.25, -0.2) is 4.79 Å². The molecule has 4 nitrogen and oxygen atoms in total. The first-order valence-corrected chi connectivity index (χ1v) is 6.14. The lowest BCUT2D eigenvalue weighted by Crippen LogP contribution is -2.51. The molecule has 1 aliphatic rings. The van der Waals surface area contributed by atoms with Crippen LogP contribution < -0.4 is 5.32 Å². The smallest absolute Gasteiger partial charge is 0.317 e. The summed E-state index contributed by atoms with van der Waals surface area (Å²) in [5.74, 6) is 0. The number of hydrogen-bond acceptors (Lipinski definition) is 2. The van der Waals surface area contributed by atoms with Crippen molar-refractivity contribution in [3.8, 4) is 0 Å². The summed E-state index contributed by atoms with van der Waals surface area (Å²) in [6.07, 6.45) is 3.54. The van der Waals surface area contributed by atoms with Crippen LogP contribution in [0.25, 0.3) is 0 Å². The highest BCUT2D eigenvalue weighted by atomic mass is 16.2. The highest BCUT2D eigenvalue weighted by molar-refractivity contribution is 5.74. The first kappa shape index (κ1) is 13.3. The number of rotatable bonds is 3. The Morgan fingerprint density at radius 1 is 1.25 bits per heavy atom. The van der Waals surface area contributed by atoms with Gasteiger partial charge in [0.15, 0.2) is 0 Å². The molecule has 0 aromatic heterocycles. The van der Waals surface area contributed by atoms with Gasteiger partial charge in [-0.1, -0.05) is 0 Å². The standard InChI is InChI=1S/C12H25N3O/c1-12(2,14(3)4)10-13-11(16)15-8-6-5-7-9-15/h5-10H2,1-4H3,(H,13,16). The number of amides is 2. The van der Waals surface area contributed by atoms with Gasteiger partial charge in [-0.15, -0.1) is 0 Å². The van der Waals surface area contributed by atoms with Gasteiger partial charge in [-0.3, -0.25) is 0 Å². The van der Waals surface area contributed by atoms with Crippen molar-refractivity contribution in [3.63, 3.8) is 0 Å². The van der Waals surface area contributed by atoms with E-state index in [4.69, 9.17) is 0 Å². The van der Waals surface area contributed by atoms with E-state index in [0.29, 0.717) is 6.54 Å². The third kappa shape index (κ3) is 3.67. The van der Waals surface area contributed by atoms with Crippen LogP contribution in [0.3, 0.4) is 0 Å². The lowest BCUT2D eigenvalue weighted by molar-refractivity contribution is 0.164. The van der Waals surface area contributed by atoms with Crippen molar-refractivity contribution < 1.29 is 4.79 Å². The molecule has 16 heavy (non-hydrogen) atoms. The number of hydrogen-bond donors (Lipinski definition) is 1. The van der Waals surface area contributed by atoms with E-state index < -0.39 is 0 Å². The van der Waals surface area contributed by atoms with Crippen molar-refractivity contribution >= 4 is 6.03 Å². The molecule has 0 radical (unpaired) electrons. The summed E-state index contributed by atoms with van der Waals surface area (Å²) in [7, 11) is 4.07. The maximum absolute atomic E-state index is 11.9. The van der Waals surface area contributed by atoms with E-state index in [1.54, 1.807) is 0 Å². The highest BCUT2D eigenvalue weighted by Gasteiger charge is 2.23. The third-order valence-corrected chi connectivity index (χ3v) is 3.53. The number of nitrogens with zero attached hydrogens (tertiary/aromatic N) is 2. The zero-order valence-corrected chi connectivity index (χ0v) is 11.0. The normalized spacial score (nSPS) is 17.7. The molecule has 2 amide bonds. The summed E-state index contributed by atoms with van der Waals surface area (Å²) in [6.45, 7) is 6.77. The molecule has 1 saturated heterocycles. The van der Waals surface area contributed by atoms with E-state index in [1.807, 2.05) is 19.0 Å². The highest BCUT2D eigenvalue weighted by Crippen LogP contribution is 2.10. The van der Waals surface area contributed by atoms with Gasteiger partial charge >= 0.3 is 6.03 Å². The molecule has 0 aromatic carbocycles. The molecule has 1 heterocycles. The molecule has 0 aliphatic carbocycles. The fourth-order valence-electron chi connectivity index (χ4n) is 1.66. The fourth-order valence-corrected chi connectivity index (χ4v) is 1.66. The van der Waals surface area contributed by atoms with Crippen LogP contribution >= 0.6 is 0 Å². The molecule has 0 atom stereocenters. The Balaban J connectivity index is 2.34. The van der Waals surface area contributed by atoms with E-state index in [9.17, 15) is 4.79 Å². The molecule has 1 N–H and O–H groups in total. The topological polar surface area (TPSA) is 35.6 Å². The SMILES string of the molecule is CN(C)C(C)(C)CNC(=O)N1CCCCC1. The molecule has 0 aromatic rings. The van der Waals surface area contributed by atoms with Gasteiger partial charge in [-0.2, -0.15) is 0 Å². The molecule has 0 spiro atoms. The lowest BCUT2D eigenvalue weighted by Gasteiger charge is -2.34. The minimum atomic E-state index is 0.00540. The number of nitrogens with one attached hydrogen (secondary N) is 1. The first-order chi connectivity index (χ1) is 7.43. The molecule has 4 heteroatoms. The largest absolute Gasteiger partial charge is 0.336 e. The van der Waals surface area contributed by atoms with Gasteiger partial charge < -0.3 is 15.1 Å². The van der Waals surface area contributed by atoms with Gasteiger partial charge in [0.2, 0.25) is 0 Å². The van der Waals surface area contributed by atoms with E-state index in [0.717, 1.165) is 25.9 Å². The number of urea groups is 1. The van der Waals surface area contributed by atoms with Crippen LogP contribution in [0.1, 0.15) is 33.1 Å². The van der Waals surface area contributed by atoms with Crippen LogP contribution in [-0.4, -0.2) is 55.1 Å². The van der Waals surface area contributed by atoms with Crippen molar-refractivity contribution in [2.75, 3.05) is 33.7 Å². The Morgan fingerprint density at radius 3 is 2.31 bits per heavy atom. The van der Waals surface area contributed by atoms with Crippen molar-refractivity contribution in [3.05, 3.63) is 0 Å². The van der Waals surface area contributed by atoms with Crippen molar-refractivity contribution in [2.45, 2.75) is 38.6 Å². The third-order valence-electron chi connectivity index (χ3n) is 3.53. The van der Waals surface area contributed by atoms with Crippen LogP contribution in [-0.2, 0) is 0 Å². The number of carbonyl (C=O) groups is 1. The van der Waals surface area contributed by atoms with Crippen LogP contribution in [0.4, 0.5) is 4.79 Å². The first-order valence-electron chi connectivity index (χ1n) is 6.14. The second-order valence-corrected chi connectivity index (χ2v) is 5.41. The van der Waals surface area contributed by atoms with Crippen LogP contribution in [0, 0.1) is 0 Å². The summed E-state index contributed by atoms with van der Waals surface area (Å²) in [5.41, 5.74) is 0.00540. The molecular weight excluding hydrogens is 202 g/mol. The number of carbonyl (C=O) groups excluding carboxylic acids is 1. The predicted octanol–water partition coefficient (Wildman–Crippen LogP) is 1.52. The Labute approximate surface area is 99.0 Å². The zero-order chi connectivity index (χ0) is 12.2. The van der Waals surface area contributed by atoms with Gasteiger partial charge in [0.1, 0.15) is 0 Å². The zero-order valence-electron chi connectivity index (χ0n) is 11.0. The van der Waals surface area contributed by atoms with E-state index >= 15 is 0 Å². The summed E-state index contributed by atoms with van der Waals surface area (Å²) in [4.78, 5) is 15.9. The Kier molecular flexibility index (Phi) is 4.59. The molecule has 0 saturated carbocycles. The Hall–Kier alpha value is -0.770. The minimum absolute atomic E-state index is 0.00540. The average Bonchev–Trinajstić information content (AvgIpc) is 2.27. The number of likely N-dealkylation sites (tertiary alicyclic amines) is 1. The van der Waals surface area contributed by atoms with Gasteiger partial charge in [0.05, 0.1) is 0 Å². The quantitative estimate of drug-likeness (QED) is 0.793. The van der Waals surface area contributed by atoms with Gasteiger partial charge in [-0.05, 0) is 47.2 Å². The summed E-state index contributed by atoms with van der Waals surface area (Å²) < 4.78 is 0. The maximum atomic E-state index is 11.9. The number of likely N-dealkylation sites (N-methyl/N-ethyl adjacent to an activating group) is 1. The maximum Gasteiger partial charge on any atom is 0.317 e. The summed E-state index contributed by atoms with van der Waals surface area (Å²) in [5, 5.41) is 3.02. The average molecular weight is 227 g/mol. The van der Waals surface area contributed by atoms with Crippen LogP contribution in [0.5, 0.6) is 0 Å². The molecule has 1 aliphatic heterocycles. The van der Waals surface area contributed by atoms with E-state index in [2.05, 4.69) is 24.1 Å². The predicted molar refractivity (Wildman–Crippen MR) is 66.6 cm³/mol. The van der Waals surface area contributed by atoms with Crippen LogP contribution in [0.2, 0.25) is 0 Å². The van der Waals surface area contributed by atoms with E-state index in [-0.39, 0.29) is 11.6 Å². The van der Waals surface area contributed by atoms with Gasteiger partial charge in [0.25, 0.3) is 0 Å².